The van der Waals surface area contributed by atoms with Gasteiger partial charge in [0, 0.05) is 4.47 Å². The number of anilines is 1. The van der Waals surface area contributed by atoms with Gasteiger partial charge in [0.05, 0.1) is 17.0 Å². The fraction of sp³-hybridized carbons (Fsp3) is 0.222. The van der Waals surface area contributed by atoms with E-state index in [-0.39, 0.29) is 10.7 Å². The molecule has 0 saturated carbocycles. The number of nitrogens with zero attached hydrogens (tertiary/aromatic N) is 1. The lowest BCUT2D eigenvalue weighted by Crippen LogP contribution is -2.33. The van der Waals surface area contributed by atoms with E-state index in [0.29, 0.717) is 4.47 Å². The molecule has 0 amide bonds. The second-order valence-electron chi connectivity index (χ2n) is 3.22. The van der Waals surface area contributed by atoms with Crippen molar-refractivity contribution in [1.29, 1.82) is 0 Å². The van der Waals surface area contributed by atoms with Crippen molar-refractivity contribution in [1.82, 2.24) is 0 Å². The smallest absolute Gasteiger partial charge is 0.242 e. The van der Waals surface area contributed by atoms with E-state index in [0.717, 1.165) is 10.6 Å². The van der Waals surface area contributed by atoms with E-state index in [1.54, 1.807) is 6.07 Å². The van der Waals surface area contributed by atoms with Gasteiger partial charge >= 0.3 is 0 Å². The number of carbonyl (C=O) groups is 1. The van der Waals surface area contributed by atoms with Gasteiger partial charge in [-0.2, -0.15) is 0 Å². The standard InChI is InChI=1S/C9H8BrCl2NO3S/c1-17(15,16)13(5-9(12)14)8-3-2-6(10)4-7(8)11/h2-4H,5H2,1H3. The lowest BCUT2D eigenvalue weighted by atomic mass is 10.3. The molecular formula is C9H8BrCl2NO3S. The summed E-state index contributed by atoms with van der Waals surface area (Å²) in [5, 5.41) is -0.572. The molecule has 0 atom stereocenters. The van der Waals surface area contributed by atoms with Gasteiger partial charge < -0.3 is 0 Å². The van der Waals surface area contributed by atoms with Gasteiger partial charge in [0.25, 0.3) is 0 Å². The van der Waals surface area contributed by atoms with Crippen molar-refractivity contribution in [2.45, 2.75) is 0 Å². The fourth-order valence-corrected chi connectivity index (χ4v) is 3.06. The number of hydrogen-bond donors (Lipinski definition) is 0. The summed E-state index contributed by atoms with van der Waals surface area (Å²) < 4.78 is 24.7. The third-order valence-electron chi connectivity index (χ3n) is 1.85. The molecule has 0 aliphatic rings. The third-order valence-corrected chi connectivity index (χ3v) is 3.89. The Balaban J connectivity index is 3.27. The van der Waals surface area contributed by atoms with Crippen LogP contribution in [0.3, 0.4) is 0 Å². The Kier molecular flexibility index (Phi) is 4.83. The first-order valence-corrected chi connectivity index (χ1v) is 7.72. The van der Waals surface area contributed by atoms with Crippen LogP contribution in [0.2, 0.25) is 5.02 Å². The van der Waals surface area contributed by atoms with Crippen LogP contribution in [0.5, 0.6) is 0 Å². The zero-order valence-electron chi connectivity index (χ0n) is 8.65. The molecule has 1 aromatic rings. The van der Waals surface area contributed by atoms with Crippen LogP contribution < -0.4 is 4.31 Å². The zero-order chi connectivity index (χ0) is 13.2. The average Bonchev–Trinajstić information content (AvgIpc) is 2.13. The Morgan fingerprint density at radius 1 is 1.47 bits per heavy atom. The Labute approximate surface area is 118 Å². The van der Waals surface area contributed by atoms with E-state index in [2.05, 4.69) is 15.9 Å². The monoisotopic (exact) mass is 359 g/mol. The van der Waals surface area contributed by atoms with Crippen LogP contribution in [-0.2, 0) is 14.8 Å². The van der Waals surface area contributed by atoms with Gasteiger partial charge in [0.1, 0.15) is 6.54 Å². The number of carbonyl (C=O) groups excluding carboxylic acids is 1. The largest absolute Gasteiger partial charge is 0.279 e. The fourth-order valence-electron chi connectivity index (χ4n) is 1.18. The Hall–Kier alpha value is -0.300. The molecule has 0 bridgehead atoms. The molecule has 8 heteroatoms. The van der Waals surface area contributed by atoms with Crippen molar-refractivity contribution in [3.05, 3.63) is 27.7 Å². The van der Waals surface area contributed by atoms with E-state index in [1.807, 2.05) is 0 Å². The number of rotatable bonds is 4. The minimum atomic E-state index is -3.62. The van der Waals surface area contributed by atoms with Gasteiger partial charge in [-0.15, -0.1) is 0 Å². The first-order valence-electron chi connectivity index (χ1n) is 4.33. The molecule has 0 aromatic heterocycles. The summed E-state index contributed by atoms with van der Waals surface area (Å²) in [6.45, 7) is -0.457. The van der Waals surface area contributed by atoms with Crippen LogP contribution in [0.1, 0.15) is 0 Å². The van der Waals surface area contributed by atoms with Gasteiger partial charge in [0.2, 0.25) is 15.3 Å². The zero-order valence-corrected chi connectivity index (χ0v) is 12.6. The summed E-state index contributed by atoms with van der Waals surface area (Å²) >= 11 is 14.3. The Morgan fingerprint density at radius 3 is 2.47 bits per heavy atom. The molecule has 0 aliphatic carbocycles. The molecule has 0 N–H and O–H groups in total. The van der Waals surface area contributed by atoms with Crippen LogP contribution in [-0.4, -0.2) is 26.5 Å². The van der Waals surface area contributed by atoms with Crippen molar-refractivity contribution in [2.24, 2.45) is 0 Å². The number of benzene rings is 1. The topological polar surface area (TPSA) is 54.5 Å². The lowest BCUT2D eigenvalue weighted by Gasteiger charge is -2.21. The second kappa shape index (κ2) is 5.56. The lowest BCUT2D eigenvalue weighted by molar-refractivity contribution is -0.110. The minimum Gasteiger partial charge on any atom is -0.279 e. The molecule has 0 unspecified atom stereocenters. The Bertz CT molecular complexity index is 547. The normalized spacial score (nSPS) is 11.3. The third kappa shape index (κ3) is 4.13. The highest BCUT2D eigenvalue weighted by atomic mass is 79.9. The summed E-state index contributed by atoms with van der Waals surface area (Å²) in [6.07, 6.45) is 0.977. The predicted octanol–water partition coefficient (Wildman–Crippen LogP) is 2.63. The van der Waals surface area contributed by atoms with E-state index < -0.39 is 21.8 Å². The van der Waals surface area contributed by atoms with Gasteiger partial charge in [0.15, 0.2) is 0 Å². The van der Waals surface area contributed by atoms with Gasteiger partial charge in [-0.25, -0.2) is 8.42 Å². The number of sulfonamides is 1. The first-order chi connectivity index (χ1) is 7.71. The summed E-state index contributed by atoms with van der Waals surface area (Å²) in [5.74, 6) is 0. The van der Waals surface area contributed by atoms with Crippen molar-refractivity contribution < 1.29 is 13.2 Å². The maximum atomic E-state index is 11.5. The first kappa shape index (κ1) is 14.8. The summed E-state index contributed by atoms with van der Waals surface area (Å²) in [4.78, 5) is 10.9. The molecule has 17 heavy (non-hydrogen) atoms. The van der Waals surface area contributed by atoms with Crippen molar-refractivity contribution in [3.8, 4) is 0 Å². The van der Waals surface area contributed by atoms with Crippen LogP contribution in [0.15, 0.2) is 22.7 Å². The van der Waals surface area contributed by atoms with Crippen molar-refractivity contribution >= 4 is 60.1 Å². The quantitative estimate of drug-likeness (QED) is 0.775. The summed E-state index contributed by atoms with van der Waals surface area (Å²) in [6, 6.07) is 4.65. The molecule has 1 rings (SSSR count). The maximum Gasteiger partial charge on any atom is 0.242 e. The van der Waals surface area contributed by atoms with Crippen LogP contribution in [0.4, 0.5) is 5.69 Å². The second-order valence-corrected chi connectivity index (χ2v) is 6.87. The summed E-state index contributed by atoms with van der Waals surface area (Å²) in [7, 11) is -3.62. The van der Waals surface area contributed by atoms with E-state index in [4.69, 9.17) is 23.2 Å². The summed E-state index contributed by atoms with van der Waals surface area (Å²) in [5.41, 5.74) is 0.214. The maximum absolute atomic E-state index is 11.5. The molecule has 0 spiro atoms. The highest BCUT2D eigenvalue weighted by Gasteiger charge is 2.22. The van der Waals surface area contributed by atoms with Crippen molar-refractivity contribution in [3.63, 3.8) is 0 Å². The van der Waals surface area contributed by atoms with Crippen LogP contribution in [0, 0.1) is 0 Å². The van der Waals surface area contributed by atoms with Crippen molar-refractivity contribution in [2.75, 3.05) is 17.1 Å². The Morgan fingerprint density at radius 2 is 2.06 bits per heavy atom. The molecule has 94 valence electrons. The average molecular weight is 361 g/mol. The van der Waals surface area contributed by atoms with Gasteiger partial charge in [-0.3, -0.25) is 9.10 Å². The van der Waals surface area contributed by atoms with Gasteiger partial charge in [-0.05, 0) is 29.8 Å². The molecular weight excluding hydrogens is 353 g/mol. The van der Waals surface area contributed by atoms with Crippen LogP contribution in [0.25, 0.3) is 0 Å². The van der Waals surface area contributed by atoms with Gasteiger partial charge in [-0.1, -0.05) is 27.5 Å². The van der Waals surface area contributed by atoms with E-state index >= 15 is 0 Å². The molecule has 0 saturated heterocycles. The molecule has 4 nitrogen and oxygen atoms in total. The minimum absolute atomic E-state index is 0.211. The number of hydrogen-bond acceptors (Lipinski definition) is 3. The number of halogens is 3. The van der Waals surface area contributed by atoms with Crippen LogP contribution >= 0.6 is 39.1 Å². The SMILES string of the molecule is CS(=O)(=O)N(CC(=O)Cl)c1ccc(Br)cc1Cl. The molecule has 0 aliphatic heterocycles. The predicted molar refractivity (Wildman–Crippen MR) is 72.2 cm³/mol. The molecule has 1 aromatic carbocycles. The molecule has 0 fully saturated rings. The van der Waals surface area contributed by atoms with E-state index in [1.165, 1.54) is 12.1 Å². The molecule has 0 heterocycles. The highest BCUT2D eigenvalue weighted by Crippen LogP contribution is 2.30. The van der Waals surface area contributed by atoms with E-state index in [9.17, 15) is 13.2 Å². The highest BCUT2D eigenvalue weighted by molar-refractivity contribution is 9.10. The molecule has 0 radical (unpaired) electrons.